The van der Waals surface area contributed by atoms with E-state index in [2.05, 4.69) is 9.97 Å². The Bertz CT molecular complexity index is 671. The standard InChI is InChI=1S/C15H14ClFN2O/c1-8-7-11(5-6-12(8)17)20-15-9(2)13(16)18-14(19-15)10-3-4-10/h5-7,10H,3-4H2,1-2H3. The average molecular weight is 293 g/mol. The average Bonchev–Trinajstić information content (AvgIpc) is 3.23. The Balaban J connectivity index is 1.94. The number of hydrogen-bond donors (Lipinski definition) is 0. The zero-order valence-electron chi connectivity index (χ0n) is 11.3. The summed E-state index contributed by atoms with van der Waals surface area (Å²) in [6.07, 6.45) is 2.18. The smallest absolute Gasteiger partial charge is 0.226 e. The van der Waals surface area contributed by atoms with Crippen molar-refractivity contribution < 1.29 is 9.13 Å². The maximum absolute atomic E-state index is 13.3. The molecule has 3 rings (SSSR count). The van der Waals surface area contributed by atoms with Crippen LogP contribution in [-0.4, -0.2) is 9.97 Å². The van der Waals surface area contributed by atoms with Gasteiger partial charge < -0.3 is 4.74 Å². The predicted octanol–water partition coefficient (Wildman–Crippen LogP) is 4.56. The summed E-state index contributed by atoms with van der Waals surface area (Å²) >= 11 is 6.12. The highest BCUT2D eigenvalue weighted by Gasteiger charge is 2.28. The number of benzene rings is 1. The van der Waals surface area contributed by atoms with Gasteiger partial charge in [0.15, 0.2) is 0 Å². The molecule has 1 saturated carbocycles. The number of hydrogen-bond acceptors (Lipinski definition) is 3. The van der Waals surface area contributed by atoms with Crippen molar-refractivity contribution >= 4 is 11.6 Å². The second kappa shape index (κ2) is 5.02. The van der Waals surface area contributed by atoms with Gasteiger partial charge in [0.25, 0.3) is 0 Å². The third-order valence-corrected chi connectivity index (χ3v) is 3.71. The van der Waals surface area contributed by atoms with E-state index in [9.17, 15) is 4.39 Å². The summed E-state index contributed by atoms with van der Waals surface area (Å²) in [5, 5.41) is 0.413. The van der Waals surface area contributed by atoms with Gasteiger partial charge in [-0.25, -0.2) is 9.37 Å². The van der Waals surface area contributed by atoms with Crippen molar-refractivity contribution in [3.05, 3.63) is 46.1 Å². The zero-order valence-corrected chi connectivity index (χ0v) is 12.0. The van der Waals surface area contributed by atoms with Crippen LogP contribution in [-0.2, 0) is 0 Å². The van der Waals surface area contributed by atoms with Crippen molar-refractivity contribution in [2.75, 3.05) is 0 Å². The van der Waals surface area contributed by atoms with E-state index in [0.29, 0.717) is 33.8 Å². The van der Waals surface area contributed by atoms with E-state index in [4.69, 9.17) is 16.3 Å². The number of nitrogens with zero attached hydrogens (tertiary/aromatic N) is 2. The summed E-state index contributed by atoms with van der Waals surface area (Å²) in [6, 6.07) is 4.60. The van der Waals surface area contributed by atoms with Crippen LogP contribution in [0, 0.1) is 19.7 Å². The maximum Gasteiger partial charge on any atom is 0.226 e. The van der Waals surface area contributed by atoms with E-state index in [1.165, 1.54) is 6.07 Å². The Morgan fingerprint density at radius 1 is 1.25 bits per heavy atom. The molecule has 1 aromatic heterocycles. The fraction of sp³-hybridized carbons (Fsp3) is 0.333. The van der Waals surface area contributed by atoms with E-state index in [-0.39, 0.29) is 5.82 Å². The first-order valence-electron chi connectivity index (χ1n) is 6.52. The van der Waals surface area contributed by atoms with Crippen LogP contribution in [0.5, 0.6) is 11.6 Å². The molecule has 0 saturated heterocycles. The molecule has 0 unspecified atom stereocenters. The topological polar surface area (TPSA) is 35.0 Å². The molecule has 0 spiro atoms. The Hall–Kier alpha value is -1.68. The van der Waals surface area contributed by atoms with Crippen LogP contribution >= 0.6 is 11.6 Å². The van der Waals surface area contributed by atoms with Crippen LogP contribution in [0.3, 0.4) is 0 Å². The first-order valence-corrected chi connectivity index (χ1v) is 6.90. The van der Waals surface area contributed by atoms with Crippen LogP contribution in [0.4, 0.5) is 4.39 Å². The largest absolute Gasteiger partial charge is 0.439 e. The van der Waals surface area contributed by atoms with Gasteiger partial charge in [-0.15, -0.1) is 0 Å². The molecule has 104 valence electrons. The van der Waals surface area contributed by atoms with Crippen LogP contribution < -0.4 is 4.74 Å². The van der Waals surface area contributed by atoms with Gasteiger partial charge in [0.1, 0.15) is 22.5 Å². The highest BCUT2D eigenvalue weighted by Crippen LogP contribution is 2.40. The molecule has 1 heterocycles. The van der Waals surface area contributed by atoms with Crippen molar-refractivity contribution in [3.63, 3.8) is 0 Å². The SMILES string of the molecule is Cc1cc(Oc2nc(C3CC3)nc(Cl)c2C)ccc1F. The second-order valence-corrected chi connectivity index (χ2v) is 5.45. The lowest BCUT2D eigenvalue weighted by Gasteiger charge is -2.11. The highest BCUT2D eigenvalue weighted by atomic mass is 35.5. The molecule has 0 N–H and O–H groups in total. The van der Waals surface area contributed by atoms with E-state index >= 15 is 0 Å². The van der Waals surface area contributed by atoms with Crippen LogP contribution in [0.25, 0.3) is 0 Å². The van der Waals surface area contributed by atoms with Crippen molar-refractivity contribution in [1.29, 1.82) is 0 Å². The van der Waals surface area contributed by atoms with Gasteiger partial charge in [0.2, 0.25) is 5.88 Å². The van der Waals surface area contributed by atoms with E-state index in [0.717, 1.165) is 18.7 Å². The summed E-state index contributed by atoms with van der Waals surface area (Å²) < 4.78 is 19.0. The van der Waals surface area contributed by atoms with E-state index < -0.39 is 0 Å². The molecule has 0 radical (unpaired) electrons. The van der Waals surface area contributed by atoms with Gasteiger partial charge in [0, 0.05) is 11.5 Å². The van der Waals surface area contributed by atoms with E-state index in [1.807, 2.05) is 6.92 Å². The minimum atomic E-state index is -0.256. The van der Waals surface area contributed by atoms with Crippen LogP contribution in [0.1, 0.15) is 35.7 Å². The van der Waals surface area contributed by atoms with E-state index in [1.54, 1.807) is 19.1 Å². The Kier molecular flexibility index (Phi) is 3.34. The molecule has 3 nitrogen and oxygen atoms in total. The van der Waals surface area contributed by atoms with Crippen molar-refractivity contribution in [1.82, 2.24) is 9.97 Å². The normalized spacial score (nSPS) is 14.4. The number of ether oxygens (including phenoxy) is 1. The summed E-state index contributed by atoms with van der Waals surface area (Å²) in [5.74, 6) is 1.86. The summed E-state index contributed by atoms with van der Waals surface area (Å²) in [6.45, 7) is 3.50. The molecule has 1 aliphatic carbocycles. The molecule has 20 heavy (non-hydrogen) atoms. The summed E-state index contributed by atoms with van der Waals surface area (Å²) in [4.78, 5) is 8.71. The van der Waals surface area contributed by atoms with Gasteiger partial charge >= 0.3 is 0 Å². The highest BCUT2D eigenvalue weighted by molar-refractivity contribution is 6.30. The lowest BCUT2D eigenvalue weighted by molar-refractivity contribution is 0.452. The molecule has 1 aromatic carbocycles. The molecule has 1 fully saturated rings. The van der Waals surface area contributed by atoms with Crippen molar-refractivity contribution in [2.45, 2.75) is 32.6 Å². The predicted molar refractivity (Wildman–Crippen MR) is 75.0 cm³/mol. The Morgan fingerprint density at radius 2 is 2.00 bits per heavy atom. The van der Waals surface area contributed by atoms with Crippen molar-refractivity contribution in [3.8, 4) is 11.6 Å². The molecule has 0 aliphatic heterocycles. The quantitative estimate of drug-likeness (QED) is 0.778. The molecule has 1 aliphatic rings. The third kappa shape index (κ3) is 2.61. The lowest BCUT2D eigenvalue weighted by Crippen LogP contribution is -2.00. The fourth-order valence-corrected chi connectivity index (χ4v) is 2.07. The Labute approximate surface area is 121 Å². The third-order valence-electron chi connectivity index (χ3n) is 3.35. The molecular formula is C15H14ClFN2O. The molecule has 2 aromatic rings. The second-order valence-electron chi connectivity index (χ2n) is 5.09. The van der Waals surface area contributed by atoms with Crippen LogP contribution in [0.15, 0.2) is 18.2 Å². The number of rotatable bonds is 3. The Morgan fingerprint density at radius 3 is 2.65 bits per heavy atom. The number of halogens is 2. The zero-order chi connectivity index (χ0) is 14.3. The first kappa shape index (κ1) is 13.3. The molecule has 5 heteroatoms. The minimum absolute atomic E-state index is 0.256. The van der Waals surface area contributed by atoms with Gasteiger partial charge in [0.05, 0.1) is 0 Å². The first-order chi connectivity index (χ1) is 9.54. The van der Waals surface area contributed by atoms with Gasteiger partial charge in [-0.2, -0.15) is 4.98 Å². The summed E-state index contributed by atoms with van der Waals surface area (Å²) in [7, 11) is 0. The van der Waals surface area contributed by atoms with Crippen molar-refractivity contribution in [2.24, 2.45) is 0 Å². The van der Waals surface area contributed by atoms with Crippen LogP contribution in [0.2, 0.25) is 5.15 Å². The molecule has 0 amide bonds. The van der Waals surface area contributed by atoms with Gasteiger partial charge in [-0.05, 0) is 50.5 Å². The maximum atomic E-state index is 13.3. The fourth-order valence-electron chi connectivity index (χ4n) is 1.90. The monoisotopic (exact) mass is 292 g/mol. The number of aromatic nitrogens is 2. The molecule has 0 bridgehead atoms. The summed E-state index contributed by atoms with van der Waals surface area (Å²) in [5.41, 5.74) is 1.22. The molecule has 0 atom stereocenters. The minimum Gasteiger partial charge on any atom is -0.439 e. The number of aryl methyl sites for hydroxylation is 1. The van der Waals surface area contributed by atoms with Gasteiger partial charge in [-0.1, -0.05) is 11.6 Å². The lowest BCUT2D eigenvalue weighted by atomic mass is 10.2. The molecular weight excluding hydrogens is 279 g/mol. The van der Waals surface area contributed by atoms with Gasteiger partial charge in [-0.3, -0.25) is 0 Å².